The van der Waals surface area contributed by atoms with Gasteiger partial charge in [0.1, 0.15) is 0 Å². The molecule has 0 saturated carbocycles. The van der Waals surface area contributed by atoms with Crippen LogP contribution in [0.4, 0.5) is 0 Å². The Labute approximate surface area is 80.9 Å². The molecule has 0 aliphatic rings. The molecule has 1 aromatic carbocycles. The summed E-state index contributed by atoms with van der Waals surface area (Å²) >= 11 is 5.66. The molecule has 70 valence electrons. The lowest BCUT2D eigenvalue weighted by Crippen LogP contribution is -2.03. The molecule has 0 aliphatic heterocycles. The minimum absolute atomic E-state index is 0.189. The summed E-state index contributed by atoms with van der Waals surface area (Å²) in [6.07, 6.45) is 0. The van der Waals surface area contributed by atoms with Crippen molar-refractivity contribution in [3.05, 3.63) is 34.3 Å². The highest BCUT2D eigenvalue weighted by Gasteiger charge is 2.09. The molecule has 0 radical (unpaired) electrons. The number of benzene rings is 1. The van der Waals surface area contributed by atoms with Crippen LogP contribution >= 0.6 is 11.6 Å². The zero-order chi connectivity index (χ0) is 9.84. The molecule has 0 aromatic heterocycles. The van der Waals surface area contributed by atoms with Gasteiger partial charge < -0.3 is 9.84 Å². The van der Waals surface area contributed by atoms with Crippen molar-refractivity contribution in [3.63, 3.8) is 0 Å². The predicted molar refractivity (Wildman–Crippen MR) is 49.1 cm³/mol. The Kier molecular flexibility index (Phi) is 3.28. The quantitative estimate of drug-likeness (QED) is 0.814. The Bertz CT molecular complexity index is 323. The third-order valence-electron chi connectivity index (χ3n) is 1.60. The van der Waals surface area contributed by atoms with Crippen LogP contribution in [0.1, 0.15) is 15.9 Å². The van der Waals surface area contributed by atoms with Crippen molar-refractivity contribution < 1.29 is 14.6 Å². The molecule has 0 aliphatic carbocycles. The Hall–Kier alpha value is -1.06. The smallest absolute Gasteiger partial charge is 0.336 e. The number of methoxy groups -OCH3 is 1. The minimum atomic E-state index is -0.991. The van der Waals surface area contributed by atoms with Gasteiger partial charge in [-0.2, -0.15) is 0 Å². The van der Waals surface area contributed by atoms with E-state index in [2.05, 4.69) is 0 Å². The lowest BCUT2D eigenvalue weighted by Gasteiger charge is -2.04. The van der Waals surface area contributed by atoms with Crippen LogP contribution in [-0.4, -0.2) is 18.2 Å². The fourth-order valence-corrected chi connectivity index (χ4v) is 1.20. The first-order valence-electron chi connectivity index (χ1n) is 3.66. The second-order valence-electron chi connectivity index (χ2n) is 2.54. The van der Waals surface area contributed by atoms with Crippen molar-refractivity contribution in [2.75, 3.05) is 7.11 Å². The van der Waals surface area contributed by atoms with Gasteiger partial charge in [-0.05, 0) is 17.7 Å². The first-order valence-corrected chi connectivity index (χ1v) is 4.03. The molecule has 13 heavy (non-hydrogen) atoms. The molecule has 0 amide bonds. The van der Waals surface area contributed by atoms with E-state index in [-0.39, 0.29) is 12.2 Å². The fourth-order valence-electron chi connectivity index (χ4n) is 1.03. The van der Waals surface area contributed by atoms with E-state index >= 15 is 0 Å². The summed E-state index contributed by atoms with van der Waals surface area (Å²) in [5.74, 6) is -0.991. The van der Waals surface area contributed by atoms with Gasteiger partial charge in [0, 0.05) is 12.1 Å². The summed E-state index contributed by atoms with van der Waals surface area (Å²) in [6, 6.07) is 4.70. The lowest BCUT2D eigenvalue weighted by molar-refractivity contribution is 0.0692. The third-order valence-corrected chi connectivity index (χ3v) is 1.84. The van der Waals surface area contributed by atoms with Crippen LogP contribution in [-0.2, 0) is 11.3 Å². The summed E-state index contributed by atoms with van der Waals surface area (Å²) in [5.41, 5.74) is 0.814. The molecule has 3 nitrogen and oxygen atoms in total. The summed E-state index contributed by atoms with van der Waals surface area (Å²) in [5, 5.41) is 9.22. The number of carbonyl (C=O) groups is 1. The standard InChI is InChI=1S/C9H9ClO3/c1-13-5-6-2-3-7(10)4-8(6)9(11)12/h2-4H,5H2,1H3,(H,11,12). The Balaban J connectivity index is 3.10. The van der Waals surface area contributed by atoms with Crippen LogP contribution in [0.5, 0.6) is 0 Å². The van der Waals surface area contributed by atoms with Gasteiger partial charge in [0.25, 0.3) is 0 Å². The van der Waals surface area contributed by atoms with E-state index in [1.54, 1.807) is 12.1 Å². The van der Waals surface area contributed by atoms with E-state index in [1.165, 1.54) is 13.2 Å². The van der Waals surface area contributed by atoms with Crippen molar-refractivity contribution >= 4 is 17.6 Å². The highest BCUT2D eigenvalue weighted by Crippen LogP contribution is 2.16. The molecule has 4 heteroatoms. The monoisotopic (exact) mass is 200 g/mol. The second-order valence-corrected chi connectivity index (χ2v) is 2.98. The largest absolute Gasteiger partial charge is 0.478 e. The summed E-state index contributed by atoms with van der Waals surface area (Å²) < 4.78 is 4.85. The van der Waals surface area contributed by atoms with Crippen molar-refractivity contribution in [3.8, 4) is 0 Å². The number of carboxylic acids is 1. The van der Waals surface area contributed by atoms with Crippen LogP contribution in [0.2, 0.25) is 5.02 Å². The molecule has 1 rings (SSSR count). The Morgan fingerprint density at radius 1 is 1.62 bits per heavy atom. The van der Waals surface area contributed by atoms with Gasteiger partial charge in [0.15, 0.2) is 0 Å². The van der Waals surface area contributed by atoms with Crippen molar-refractivity contribution in [1.29, 1.82) is 0 Å². The molecule has 1 N–H and O–H groups in total. The van der Waals surface area contributed by atoms with Crippen LogP contribution in [0, 0.1) is 0 Å². The Morgan fingerprint density at radius 3 is 2.85 bits per heavy atom. The second kappa shape index (κ2) is 4.25. The maximum Gasteiger partial charge on any atom is 0.336 e. The molecule has 0 unspecified atom stereocenters. The number of aromatic carboxylic acids is 1. The topological polar surface area (TPSA) is 46.5 Å². The third kappa shape index (κ3) is 2.44. The number of hydrogen-bond donors (Lipinski definition) is 1. The van der Waals surface area contributed by atoms with E-state index in [4.69, 9.17) is 21.4 Å². The molecule has 0 fully saturated rings. The molecule has 0 saturated heterocycles. The normalized spacial score (nSPS) is 10.0. The first kappa shape index (κ1) is 10.0. The number of rotatable bonds is 3. The van der Waals surface area contributed by atoms with E-state index < -0.39 is 5.97 Å². The van der Waals surface area contributed by atoms with Gasteiger partial charge in [-0.25, -0.2) is 4.79 Å². The van der Waals surface area contributed by atoms with Crippen LogP contribution in [0.15, 0.2) is 18.2 Å². The molecule has 0 spiro atoms. The highest BCUT2D eigenvalue weighted by molar-refractivity contribution is 6.30. The fraction of sp³-hybridized carbons (Fsp3) is 0.222. The van der Waals surface area contributed by atoms with E-state index in [1.807, 2.05) is 0 Å². The molecule has 0 bridgehead atoms. The molecule has 0 atom stereocenters. The maximum absolute atomic E-state index is 10.7. The van der Waals surface area contributed by atoms with Crippen LogP contribution < -0.4 is 0 Å². The number of ether oxygens (including phenoxy) is 1. The minimum Gasteiger partial charge on any atom is -0.478 e. The first-order chi connectivity index (χ1) is 6.15. The Morgan fingerprint density at radius 2 is 2.31 bits per heavy atom. The van der Waals surface area contributed by atoms with E-state index in [9.17, 15) is 4.79 Å². The van der Waals surface area contributed by atoms with Crippen LogP contribution in [0.25, 0.3) is 0 Å². The van der Waals surface area contributed by atoms with Gasteiger partial charge in [-0.3, -0.25) is 0 Å². The van der Waals surface area contributed by atoms with Crippen molar-refractivity contribution in [1.82, 2.24) is 0 Å². The van der Waals surface area contributed by atoms with Gasteiger partial charge >= 0.3 is 5.97 Å². The van der Waals surface area contributed by atoms with Crippen LogP contribution in [0.3, 0.4) is 0 Å². The number of halogens is 1. The van der Waals surface area contributed by atoms with E-state index in [0.29, 0.717) is 10.6 Å². The van der Waals surface area contributed by atoms with Gasteiger partial charge in [-0.1, -0.05) is 17.7 Å². The molecular formula is C9H9ClO3. The summed E-state index contributed by atoms with van der Waals surface area (Å²) in [4.78, 5) is 10.7. The van der Waals surface area contributed by atoms with Gasteiger partial charge in [-0.15, -0.1) is 0 Å². The zero-order valence-corrected chi connectivity index (χ0v) is 7.84. The number of hydrogen-bond acceptors (Lipinski definition) is 2. The average Bonchev–Trinajstić information content (AvgIpc) is 2.08. The zero-order valence-electron chi connectivity index (χ0n) is 7.08. The average molecular weight is 201 g/mol. The van der Waals surface area contributed by atoms with Crippen molar-refractivity contribution in [2.24, 2.45) is 0 Å². The predicted octanol–water partition coefficient (Wildman–Crippen LogP) is 2.18. The van der Waals surface area contributed by atoms with E-state index in [0.717, 1.165) is 0 Å². The van der Waals surface area contributed by atoms with Gasteiger partial charge in [0.05, 0.1) is 12.2 Å². The molecule has 1 aromatic rings. The molecule has 0 heterocycles. The lowest BCUT2D eigenvalue weighted by atomic mass is 10.1. The van der Waals surface area contributed by atoms with Gasteiger partial charge in [0.2, 0.25) is 0 Å². The number of carboxylic acid groups (broad SMARTS) is 1. The SMILES string of the molecule is COCc1ccc(Cl)cc1C(=O)O. The van der Waals surface area contributed by atoms with Crippen molar-refractivity contribution in [2.45, 2.75) is 6.61 Å². The maximum atomic E-state index is 10.7. The molecular weight excluding hydrogens is 192 g/mol. The summed E-state index contributed by atoms with van der Waals surface area (Å²) in [6.45, 7) is 0.277. The summed E-state index contributed by atoms with van der Waals surface area (Å²) in [7, 11) is 1.51. The highest BCUT2D eigenvalue weighted by atomic mass is 35.5.